The molecule has 0 amide bonds. The van der Waals surface area contributed by atoms with Crippen LogP contribution in [0.25, 0.3) is 11.6 Å². The number of hydrogen-bond donors (Lipinski definition) is 0. The lowest BCUT2D eigenvalue weighted by atomic mass is 10.2. The molecule has 3 aromatic rings. The predicted octanol–water partition coefficient (Wildman–Crippen LogP) is 3.76. The number of aromatic nitrogens is 3. The zero-order chi connectivity index (χ0) is 16.2. The van der Waals surface area contributed by atoms with Crippen molar-refractivity contribution in [1.82, 2.24) is 14.8 Å². The van der Waals surface area contributed by atoms with E-state index in [0.717, 1.165) is 0 Å². The SMILES string of the molecule is CCn1c(SCc2ccccc2[N+](=O)[O-])nnc1-c1ccco1. The Morgan fingerprint density at radius 3 is 2.78 bits per heavy atom. The van der Waals surface area contributed by atoms with Crippen LogP contribution in [0.3, 0.4) is 0 Å². The second kappa shape index (κ2) is 6.66. The number of benzene rings is 1. The molecule has 2 heterocycles. The molecular weight excluding hydrogens is 316 g/mol. The molecule has 23 heavy (non-hydrogen) atoms. The summed E-state index contributed by atoms with van der Waals surface area (Å²) >= 11 is 1.42. The van der Waals surface area contributed by atoms with Gasteiger partial charge in [0.15, 0.2) is 16.7 Å². The number of hydrogen-bond acceptors (Lipinski definition) is 6. The Hall–Kier alpha value is -2.61. The number of thioether (sulfide) groups is 1. The van der Waals surface area contributed by atoms with Crippen molar-refractivity contribution in [2.75, 3.05) is 0 Å². The monoisotopic (exact) mass is 330 g/mol. The van der Waals surface area contributed by atoms with E-state index in [2.05, 4.69) is 10.2 Å². The van der Waals surface area contributed by atoms with Gasteiger partial charge in [0.2, 0.25) is 0 Å². The quantitative estimate of drug-likeness (QED) is 0.388. The van der Waals surface area contributed by atoms with Crippen LogP contribution < -0.4 is 0 Å². The highest BCUT2D eigenvalue weighted by Crippen LogP contribution is 2.29. The Kier molecular flexibility index (Phi) is 4.42. The first kappa shape index (κ1) is 15.3. The van der Waals surface area contributed by atoms with Crippen molar-refractivity contribution < 1.29 is 9.34 Å². The fourth-order valence-electron chi connectivity index (χ4n) is 2.22. The number of rotatable bonds is 6. The van der Waals surface area contributed by atoms with Crippen LogP contribution in [-0.2, 0) is 12.3 Å². The van der Waals surface area contributed by atoms with Crippen LogP contribution in [0, 0.1) is 10.1 Å². The molecule has 3 rings (SSSR count). The van der Waals surface area contributed by atoms with Crippen LogP contribution in [0.4, 0.5) is 5.69 Å². The summed E-state index contributed by atoms with van der Waals surface area (Å²) in [4.78, 5) is 10.7. The van der Waals surface area contributed by atoms with Crippen molar-refractivity contribution in [2.24, 2.45) is 0 Å². The maximum atomic E-state index is 11.1. The maximum Gasteiger partial charge on any atom is 0.273 e. The lowest BCUT2D eigenvalue weighted by molar-refractivity contribution is -0.385. The van der Waals surface area contributed by atoms with Gasteiger partial charge in [-0.15, -0.1) is 10.2 Å². The van der Waals surface area contributed by atoms with Crippen molar-refractivity contribution in [2.45, 2.75) is 24.4 Å². The van der Waals surface area contributed by atoms with Gasteiger partial charge in [-0.2, -0.15) is 0 Å². The fourth-order valence-corrected chi connectivity index (χ4v) is 3.22. The molecule has 0 saturated heterocycles. The highest BCUT2D eigenvalue weighted by Gasteiger charge is 2.17. The van der Waals surface area contributed by atoms with Crippen LogP contribution in [0.15, 0.2) is 52.2 Å². The lowest BCUT2D eigenvalue weighted by Crippen LogP contribution is -2.00. The Bertz CT molecular complexity index is 814. The zero-order valence-electron chi connectivity index (χ0n) is 12.4. The zero-order valence-corrected chi connectivity index (χ0v) is 13.2. The Balaban J connectivity index is 1.83. The minimum Gasteiger partial charge on any atom is -0.461 e. The summed E-state index contributed by atoms with van der Waals surface area (Å²) in [5, 5.41) is 20.1. The summed E-state index contributed by atoms with van der Waals surface area (Å²) < 4.78 is 7.30. The predicted molar refractivity (Wildman–Crippen MR) is 86.1 cm³/mol. The molecule has 0 radical (unpaired) electrons. The molecule has 0 unspecified atom stereocenters. The van der Waals surface area contributed by atoms with Gasteiger partial charge in [0.05, 0.1) is 11.2 Å². The lowest BCUT2D eigenvalue weighted by Gasteiger charge is -2.06. The molecule has 1 aromatic carbocycles. The number of nitrogens with zero attached hydrogens (tertiary/aromatic N) is 4. The third-order valence-electron chi connectivity index (χ3n) is 3.32. The van der Waals surface area contributed by atoms with Crippen LogP contribution in [0.1, 0.15) is 12.5 Å². The minimum absolute atomic E-state index is 0.119. The van der Waals surface area contributed by atoms with Gasteiger partial charge in [0, 0.05) is 23.9 Å². The molecular formula is C15H14N4O3S. The third kappa shape index (κ3) is 3.11. The van der Waals surface area contributed by atoms with E-state index in [0.29, 0.717) is 34.6 Å². The van der Waals surface area contributed by atoms with Crippen molar-refractivity contribution in [3.63, 3.8) is 0 Å². The van der Waals surface area contributed by atoms with E-state index < -0.39 is 0 Å². The maximum absolute atomic E-state index is 11.1. The summed E-state index contributed by atoms with van der Waals surface area (Å²) in [6, 6.07) is 10.3. The smallest absolute Gasteiger partial charge is 0.273 e. The minimum atomic E-state index is -0.366. The van der Waals surface area contributed by atoms with E-state index in [-0.39, 0.29) is 10.6 Å². The second-order valence-corrected chi connectivity index (χ2v) is 5.64. The van der Waals surface area contributed by atoms with Gasteiger partial charge in [0.25, 0.3) is 5.69 Å². The summed E-state index contributed by atoms with van der Waals surface area (Å²) in [7, 11) is 0. The van der Waals surface area contributed by atoms with Crippen LogP contribution in [-0.4, -0.2) is 19.7 Å². The van der Waals surface area contributed by atoms with Crippen molar-refractivity contribution in [3.05, 3.63) is 58.3 Å². The summed E-state index contributed by atoms with van der Waals surface area (Å²) in [6.07, 6.45) is 1.59. The Morgan fingerprint density at radius 2 is 2.09 bits per heavy atom. The van der Waals surface area contributed by atoms with Gasteiger partial charge in [-0.25, -0.2) is 0 Å². The normalized spacial score (nSPS) is 10.8. The molecule has 0 aliphatic carbocycles. The number of nitro benzene ring substituents is 1. The van der Waals surface area contributed by atoms with Gasteiger partial charge in [-0.05, 0) is 19.1 Å². The summed E-state index contributed by atoms with van der Waals surface area (Å²) in [5.74, 6) is 1.76. The van der Waals surface area contributed by atoms with Crippen LogP contribution in [0.5, 0.6) is 0 Å². The standard InChI is InChI=1S/C15H14N4O3S/c1-2-18-14(13-8-5-9-22-13)16-17-15(18)23-10-11-6-3-4-7-12(11)19(20)21/h3-9H,2,10H2,1H3. The van der Waals surface area contributed by atoms with E-state index in [4.69, 9.17) is 4.42 Å². The van der Waals surface area contributed by atoms with Crippen LogP contribution in [0.2, 0.25) is 0 Å². The molecule has 0 saturated carbocycles. The van der Waals surface area contributed by atoms with Crippen molar-refractivity contribution >= 4 is 17.4 Å². The van der Waals surface area contributed by atoms with Gasteiger partial charge >= 0.3 is 0 Å². The fraction of sp³-hybridized carbons (Fsp3) is 0.200. The summed E-state index contributed by atoms with van der Waals surface area (Å²) in [6.45, 7) is 2.67. The van der Waals surface area contributed by atoms with E-state index >= 15 is 0 Å². The van der Waals surface area contributed by atoms with E-state index in [1.165, 1.54) is 17.8 Å². The Labute approximate surface area is 136 Å². The second-order valence-electron chi connectivity index (χ2n) is 4.70. The van der Waals surface area contributed by atoms with E-state index in [1.807, 2.05) is 17.6 Å². The average Bonchev–Trinajstić information content (AvgIpc) is 3.21. The molecule has 8 heteroatoms. The highest BCUT2D eigenvalue weighted by molar-refractivity contribution is 7.98. The van der Waals surface area contributed by atoms with Crippen molar-refractivity contribution in [3.8, 4) is 11.6 Å². The molecule has 0 N–H and O–H groups in total. The summed E-state index contributed by atoms with van der Waals surface area (Å²) in [5.41, 5.74) is 0.779. The first-order valence-corrected chi connectivity index (χ1v) is 8.01. The number of para-hydroxylation sites is 1. The molecule has 0 atom stereocenters. The molecule has 7 nitrogen and oxygen atoms in total. The molecule has 0 fully saturated rings. The van der Waals surface area contributed by atoms with Crippen LogP contribution >= 0.6 is 11.8 Å². The first-order chi connectivity index (χ1) is 11.2. The van der Waals surface area contributed by atoms with Gasteiger partial charge in [-0.3, -0.25) is 14.7 Å². The number of nitro groups is 1. The largest absolute Gasteiger partial charge is 0.461 e. The third-order valence-corrected chi connectivity index (χ3v) is 4.34. The first-order valence-electron chi connectivity index (χ1n) is 7.03. The highest BCUT2D eigenvalue weighted by atomic mass is 32.2. The Morgan fingerprint density at radius 1 is 1.26 bits per heavy atom. The average molecular weight is 330 g/mol. The van der Waals surface area contributed by atoms with Gasteiger partial charge < -0.3 is 4.42 Å². The molecule has 2 aromatic heterocycles. The molecule has 0 bridgehead atoms. The molecule has 0 aliphatic heterocycles. The van der Waals surface area contributed by atoms with Gasteiger partial charge in [0.1, 0.15) is 0 Å². The topological polar surface area (TPSA) is 87.0 Å². The molecule has 118 valence electrons. The molecule has 0 aliphatic rings. The number of furan rings is 1. The van der Waals surface area contributed by atoms with Crippen molar-refractivity contribution in [1.29, 1.82) is 0 Å². The van der Waals surface area contributed by atoms with E-state index in [1.54, 1.807) is 30.5 Å². The molecule has 0 spiro atoms. The van der Waals surface area contributed by atoms with Gasteiger partial charge in [-0.1, -0.05) is 30.0 Å². The van der Waals surface area contributed by atoms with E-state index in [9.17, 15) is 10.1 Å².